The van der Waals surface area contributed by atoms with Crippen molar-refractivity contribution in [2.45, 2.75) is 6.61 Å². The molecule has 0 aliphatic rings. The van der Waals surface area contributed by atoms with Gasteiger partial charge in [-0.05, 0) is 79.4 Å². The number of hydrazone groups is 1. The number of amides is 1. The van der Waals surface area contributed by atoms with Crippen molar-refractivity contribution < 1.29 is 14.5 Å². The predicted molar refractivity (Wildman–Crippen MR) is 126 cm³/mol. The first-order valence-electron chi connectivity index (χ1n) is 8.78. The fourth-order valence-corrected chi connectivity index (χ4v) is 4.20. The van der Waals surface area contributed by atoms with Gasteiger partial charge in [-0.2, -0.15) is 5.10 Å². The first kappa shape index (κ1) is 22.9. The van der Waals surface area contributed by atoms with E-state index in [4.69, 9.17) is 16.3 Å². The molecule has 0 bridgehead atoms. The summed E-state index contributed by atoms with van der Waals surface area (Å²) in [6.07, 6.45) is 1.49. The first-order chi connectivity index (χ1) is 14.8. The Hall–Kier alpha value is -2.75. The molecule has 0 spiro atoms. The molecule has 3 aromatic carbocycles. The lowest BCUT2D eigenvalue weighted by atomic mass is 10.2. The van der Waals surface area contributed by atoms with E-state index < -0.39 is 10.8 Å². The van der Waals surface area contributed by atoms with Crippen LogP contribution in [0.15, 0.2) is 74.7 Å². The van der Waals surface area contributed by atoms with Gasteiger partial charge in [0.25, 0.3) is 11.6 Å². The highest BCUT2D eigenvalue weighted by molar-refractivity contribution is 9.11. The quantitative estimate of drug-likeness (QED) is 0.212. The number of nitro groups is 1. The van der Waals surface area contributed by atoms with Crippen molar-refractivity contribution in [3.8, 4) is 5.75 Å². The molecule has 0 aromatic heterocycles. The Bertz CT molecular complexity index is 1130. The molecule has 158 valence electrons. The van der Waals surface area contributed by atoms with E-state index in [1.54, 1.807) is 48.5 Å². The summed E-state index contributed by atoms with van der Waals surface area (Å²) in [4.78, 5) is 22.4. The molecule has 0 aliphatic heterocycles. The molecule has 0 aliphatic carbocycles. The monoisotopic (exact) mass is 565 g/mol. The molecule has 0 saturated carbocycles. The number of benzene rings is 3. The molecule has 1 amide bonds. The lowest BCUT2D eigenvalue weighted by Crippen LogP contribution is -2.17. The van der Waals surface area contributed by atoms with E-state index in [2.05, 4.69) is 42.4 Å². The molecule has 0 atom stereocenters. The van der Waals surface area contributed by atoms with Gasteiger partial charge in [-0.3, -0.25) is 14.9 Å². The van der Waals surface area contributed by atoms with E-state index in [9.17, 15) is 14.9 Å². The van der Waals surface area contributed by atoms with E-state index in [1.807, 2.05) is 0 Å². The minimum atomic E-state index is -0.449. The molecule has 0 unspecified atom stereocenters. The lowest BCUT2D eigenvalue weighted by Gasteiger charge is -2.11. The smallest absolute Gasteiger partial charge is 0.272 e. The summed E-state index contributed by atoms with van der Waals surface area (Å²) < 4.78 is 7.17. The predicted octanol–water partition coefficient (Wildman–Crippen LogP) is 6.12. The number of carbonyl (C=O) groups excluding carboxylic acids is 1. The SMILES string of the molecule is O=C(N/N=C\c1cc(Br)c(OCc2ccc([N+](=O)[O-])cc2)c(Br)c1)c1ccccc1Cl. The maximum Gasteiger partial charge on any atom is 0.272 e. The normalized spacial score (nSPS) is 10.8. The summed E-state index contributed by atoms with van der Waals surface area (Å²) in [6, 6.07) is 16.4. The van der Waals surface area contributed by atoms with Gasteiger partial charge in [-0.1, -0.05) is 23.7 Å². The number of nitrogens with zero attached hydrogens (tertiary/aromatic N) is 2. The van der Waals surface area contributed by atoms with Gasteiger partial charge in [-0.25, -0.2) is 5.43 Å². The minimum absolute atomic E-state index is 0.0244. The molecule has 0 heterocycles. The van der Waals surface area contributed by atoms with E-state index in [1.165, 1.54) is 18.3 Å². The molecule has 7 nitrogen and oxygen atoms in total. The Labute approximate surface area is 199 Å². The number of hydrogen-bond acceptors (Lipinski definition) is 5. The number of hydrogen-bond donors (Lipinski definition) is 1. The maximum absolute atomic E-state index is 12.1. The van der Waals surface area contributed by atoms with Gasteiger partial charge < -0.3 is 4.74 Å². The van der Waals surface area contributed by atoms with Crippen LogP contribution < -0.4 is 10.2 Å². The van der Waals surface area contributed by atoms with Crippen LogP contribution in [0.5, 0.6) is 5.75 Å². The molecule has 0 fully saturated rings. The Kier molecular flexibility index (Phi) is 7.78. The van der Waals surface area contributed by atoms with Gasteiger partial charge >= 0.3 is 0 Å². The van der Waals surface area contributed by atoms with Crippen molar-refractivity contribution in [1.29, 1.82) is 0 Å². The standard InChI is InChI=1S/C21H14Br2ClN3O4/c22-17-9-14(11-25-26-21(28)16-3-1-2-4-19(16)24)10-18(23)20(17)31-12-13-5-7-15(8-6-13)27(29)30/h1-11H,12H2,(H,26,28)/b25-11-. The van der Waals surface area contributed by atoms with Crippen molar-refractivity contribution in [2.75, 3.05) is 0 Å². The van der Waals surface area contributed by atoms with Crippen LogP contribution in [0.4, 0.5) is 5.69 Å². The molecule has 31 heavy (non-hydrogen) atoms. The highest BCUT2D eigenvalue weighted by atomic mass is 79.9. The van der Waals surface area contributed by atoms with Crippen LogP contribution in [0.1, 0.15) is 21.5 Å². The molecule has 3 rings (SSSR count). The fraction of sp³-hybridized carbons (Fsp3) is 0.0476. The minimum Gasteiger partial charge on any atom is -0.487 e. The number of carbonyl (C=O) groups is 1. The maximum atomic E-state index is 12.1. The molecule has 0 radical (unpaired) electrons. The number of nitrogens with one attached hydrogen (secondary N) is 1. The van der Waals surface area contributed by atoms with Gasteiger partial charge in [-0.15, -0.1) is 0 Å². The summed E-state index contributed by atoms with van der Waals surface area (Å²) in [5, 5.41) is 15.0. The Balaban J connectivity index is 1.64. The Morgan fingerprint density at radius 3 is 2.39 bits per heavy atom. The van der Waals surface area contributed by atoms with Gasteiger partial charge in [0.15, 0.2) is 0 Å². The van der Waals surface area contributed by atoms with Crippen LogP contribution in [0.3, 0.4) is 0 Å². The van der Waals surface area contributed by atoms with Crippen LogP contribution in [-0.4, -0.2) is 17.0 Å². The Morgan fingerprint density at radius 1 is 1.13 bits per heavy atom. The second-order valence-corrected chi connectivity index (χ2v) is 8.32. The number of rotatable bonds is 7. The van der Waals surface area contributed by atoms with Crippen molar-refractivity contribution in [3.63, 3.8) is 0 Å². The van der Waals surface area contributed by atoms with E-state index in [-0.39, 0.29) is 12.3 Å². The Morgan fingerprint density at radius 2 is 1.77 bits per heavy atom. The van der Waals surface area contributed by atoms with Crippen molar-refractivity contribution in [2.24, 2.45) is 5.10 Å². The van der Waals surface area contributed by atoms with Gasteiger partial charge in [0.2, 0.25) is 0 Å². The summed E-state index contributed by atoms with van der Waals surface area (Å²) in [6.45, 7) is 0.233. The van der Waals surface area contributed by atoms with Crippen LogP contribution in [-0.2, 0) is 6.61 Å². The van der Waals surface area contributed by atoms with Crippen LogP contribution in [0.2, 0.25) is 5.02 Å². The van der Waals surface area contributed by atoms with E-state index in [0.29, 0.717) is 30.8 Å². The number of non-ortho nitro benzene ring substituents is 1. The average molecular weight is 568 g/mol. The summed E-state index contributed by atoms with van der Waals surface area (Å²) in [5.41, 5.74) is 4.29. The van der Waals surface area contributed by atoms with Crippen LogP contribution >= 0.6 is 43.5 Å². The van der Waals surface area contributed by atoms with Gasteiger partial charge in [0, 0.05) is 12.1 Å². The molecule has 0 saturated heterocycles. The third-order valence-electron chi connectivity index (χ3n) is 4.05. The molecular formula is C21H14Br2ClN3O4. The summed E-state index contributed by atoms with van der Waals surface area (Å²) in [7, 11) is 0. The highest BCUT2D eigenvalue weighted by Crippen LogP contribution is 2.35. The fourth-order valence-electron chi connectivity index (χ4n) is 2.53. The molecule has 3 aromatic rings. The second-order valence-electron chi connectivity index (χ2n) is 6.20. The van der Waals surface area contributed by atoms with E-state index >= 15 is 0 Å². The zero-order valence-electron chi connectivity index (χ0n) is 15.7. The number of halogens is 3. The van der Waals surface area contributed by atoms with Gasteiger partial charge in [0.1, 0.15) is 12.4 Å². The van der Waals surface area contributed by atoms with E-state index in [0.717, 1.165) is 5.56 Å². The number of ether oxygens (including phenoxy) is 1. The van der Waals surface area contributed by atoms with Crippen molar-refractivity contribution in [3.05, 3.63) is 101 Å². The topological polar surface area (TPSA) is 93.8 Å². The third kappa shape index (κ3) is 6.13. The molecule has 10 heteroatoms. The van der Waals surface area contributed by atoms with Crippen molar-refractivity contribution >= 4 is 61.3 Å². The second kappa shape index (κ2) is 10.5. The van der Waals surface area contributed by atoms with Crippen LogP contribution in [0, 0.1) is 10.1 Å². The first-order valence-corrected chi connectivity index (χ1v) is 10.7. The highest BCUT2D eigenvalue weighted by Gasteiger charge is 2.11. The van der Waals surface area contributed by atoms with Gasteiger partial charge in [0.05, 0.1) is 30.7 Å². The zero-order chi connectivity index (χ0) is 22.4. The third-order valence-corrected chi connectivity index (χ3v) is 5.56. The number of nitro benzene ring substituents is 1. The average Bonchev–Trinajstić information content (AvgIpc) is 2.73. The largest absolute Gasteiger partial charge is 0.487 e. The molecular weight excluding hydrogens is 554 g/mol. The zero-order valence-corrected chi connectivity index (χ0v) is 19.6. The summed E-state index contributed by atoms with van der Waals surface area (Å²) in [5.74, 6) is 0.152. The molecule has 1 N–H and O–H groups in total. The lowest BCUT2D eigenvalue weighted by molar-refractivity contribution is -0.384. The van der Waals surface area contributed by atoms with Crippen LogP contribution in [0.25, 0.3) is 0 Å². The van der Waals surface area contributed by atoms with Crippen molar-refractivity contribution in [1.82, 2.24) is 5.43 Å². The summed E-state index contributed by atoms with van der Waals surface area (Å²) >= 11 is 12.9.